The summed E-state index contributed by atoms with van der Waals surface area (Å²) in [6.07, 6.45) is 2.89. The summed E-state index contributed by atoms with van der Waals surface area (Å²) in [7, 11) is 0. The Labute approximate surface area is 200 Å². The predicted octanol–water partition coefficient (Wildman–Crippen LogP) is 4.14. The van der Waals surface area contributed by atoms with Crippen LogP contribution in [0.5, 0.6) is 0 Å². The van der Waals surface area contributed by atoms with Crippen molar-refractivity contribution >= 4 is 22.7 Å². The van der Waals surface area contributed by atoms with Crippen molar-refractivity contribution in [3.63, 3.8) is 0 Å². The number of aromatic nitrogens is 1. The summed E-state index contributed by atoms with van der Waals surface area (Å²) in [6.45, 7) is 5.17. The molecule has 2 N–H and O–H groups in total. The Morgan fingerprint density at radius 1 is 1.03 bits per heavy atom. The summed E-state index contributed by atoms with van der Waals surface area (Å²) in [5.41, 5.74) is 5.48. The lowest BCUT2D eigenvalue weighted by molar-refractivity contribution is -0.158. The van der Waals surface area contributed by atoms with Crippen molar-refractivity contribution in [2.24, 2.45) is 0 Å². The number of carbonyl (C=O) groups is 2. The average molecular weight is 460 g/mol. The van der Waals surface area contributed by atoms with Crippen molar-refractivity contribution in [3.8, 4) is 0 Å². The Morgan fingerprint density at radius 3 is 2.53 bits per heavy atom. The van der Waals surface area contributed by atoms with E-state index in [0.717, 1.165) is 47.0 Å². The predicted molar refractivity (Wildman–Crippen MR) is 133 cm³/mol. The van der Waals surface area contributed by atoms with E-state index in [2.05, 4.69) is 55.2 Å². The van der Waals surface area contributed by atoms with Crippen LogP contribution in [0, 0.1) is 0 Å². The zero-order valence-electron chi connectivity index (χ0n) is 20.0. The molecule has 34 heavy (non-hydrogen) atoms. The maximum atomic E-state index is 13.6. The lowest BCUT2D eigenvalue weighted by atomic mass is 9.85. The second-order valence-electron chi connectivity index (χ2n) is 9.85. The van der Waals surface area contributed by atoms with Crippen LogP contribution in [0.4, 0.5) is 0 Å². The molecule has 178 valence electrons. The molecule has 2 aliphatic rings. The number of fused-ring (bicyclic) bond motifs is 4. The number of para-hydroxylation sites is 1. The highest BCUT2D eigenvalue weighted by molar-refractivity contribution is 5.97. The average Bonchev–Trinajstić information content (AvgIpc) is 3.22. The largest absolute Gasteiger partial charge is 0.396 e. The Hall–Kier alpha value is -3.12. The Balaban J connectivity index is 1.55. The number of aliphatic hydroxyl groups excluding tert-OH is 1. The number of rotatable bonds is 7. The van der Waals surface area contributed by atoms with E-state index in [-0.39, 0.29) is 31.0 Å². The molecule has 6 heteroatoms. The summed E-state index contributed by atoms with van der Waals surface area (Å²) < 4.78 is 0. The minimum atomic E-state index is -0.499. The lowest BCUT2D eigenvalue weighted by Gasteiger charge is -2.47. The first kappa shape index (κ1) is 22.7. The number of carbonyl (C=O) groups excluding carboxylic acids is 2. The number of aromatic amines is 1. The van der Waals surface area contributed by atoms with E-state index in [0.29, 0.717) is 18.9 Å². The summed E-state index contributed by atoms with van der Waals surface area (Å²) in [6, 6.07) is 15.9. The number of H-pyrrole nitrogens is 1. The number of nitrogens with zero attached hydrogens (tertiary/aromatic N) is 2. The first-order valence-corrected chi connectivity index (χ1v) is 12.4. The Bertz CT molecular complexity index is 1200. The molecular weight excluding hydrogens is 426 g/mol. The van der Waals surface area contributed by atoms with Crippen LogP contribution in [0.3, 0.4) is 0 Å². The third kappa shape index (κ3) is 3.90. The molecule has 3 aromatic rings. The molecule has 3 heterocycles. The fraction of sp³-hybridized carbons (Fsp3) is 0.429. The zero-order chi connectivity index (χ0) is 23.8. The molecular formula is C28H33N3O3. The van der Waals surface area contributed by atoms with Crippen LogP contribution in [0.2, 0.25) is 0 Å². The number of hydrogen-bond donors (Lipinski definition) is 2. The SMILES string of the molecule is CC(C)c1ccc([C@H]2c3[nH]c4ccccc4c3C[C@@H]3C(=O)N(CCCCCO)CC(=O)N23)cc1. The van der Waals surface area contributed by atoms with Crippen molar-refractivity contribution in [2.75, 3.05) is 19.7 Å². The molecule has 2 aromatic carbocycles. The molecule has 2 atom stereocenters. The molecule has 0 unspecified atom stereocenters. The van der Waals surface area contributed by atoms with Gasteiger partial charge in [-0.25, -0.2) is 0 Å². The van der Waals surface area contributed by atoms with Crippen LogP contribution in [0.25, 0.3) is 10.9 Å². The van der Waals surface area contributed by atoms with E-state index in [1.807, 2.05) is 17.0 Å². The van der Waals surface area contributed by atoms with Gasteiger partial charge in [0.25, 0.3) is 0 Å². The molecule has 0 radical (unpaired) electrons. The van der Waals surface area contributed by atoms with Gasteiger partial charge >= 0.3 is 0 Å². The van der Waals surface area contributed by atoms with E-state index in [1.165, 1.54) is 5.56 Å². The second kappa shape index (κ2) is 9.26. The van der Waals surface area contributed by atoms with Gasteiger partial charge in [-0.15, -0.1) is 0 Å². The highest BCUT2D eigenvalue weighted by Gasteiger charge is 2.48. The molecule has 2 aliphatic heterocycles. The summed E-state index contributed by atoms with van der Waals surface area (Å²) in [5.74, 6) is 0.451. The maximum absolute atomic E-state index is 13.6. The minimum Gasteiger partial charge on any atom is -0.396 e. The molecule has 2 amide bonds. The van der Waals surface area contributed by atoms with Crippen LogP contribution in [-0.2, 0) is 16.0 Å². The molecule has 0 aliphatic carbocycles. The zero-order valence-corrected chi connectivity index (χ0v) is 20.0. The van der Waals surface area contributed by atoms with E-state index in [1.54, 1.807) is 4.90 Å². The van der Waals surface area contributed by atoms with Crippen LogP contribution in [-0.4, -0.2) is 57.4 Å². The third-order valence-electron chi connectivity index (χ3n) is 7.35. The number of aliphatic hydroxyl groups is 1. The van der Waals surface area contributed by atoms with Crippen molar-refractivity contribution in [3.05, 3.63) is 70.9 Å². The van der Waals surface area contributed by atoms with Crippen LogP contribution in [0.1, 0.15) is 67.5 Å². The Kier molecular flexibility index (Phi) is 6.17. The number of hydrogen-bond acceptors (Lipinski definition) is 3. The van der Waals surface area contributed by atoms with Crippen LogP contribution in [0.15, 0.2) is 48.5 Å². The summed E-state index contributed by atoms with van der Waals surface area (Å²) >= 11 is 0. The first-order valence-electron chi connectivity index (χ1n) is 12.4. The number of unbranched alkanes of at least 4 members (excludes halogenated alkanes) is 2. The Morgan fingerprint density at radius 2 is 1.79 bits per heavy atom. The fourth-order valence-electron chi connectivity index (χ4n) is 5.51. The molecule has 0 spiro atoms. The van der Waals surface area contributed by atoms with Gasteiger partial charge in [-0.1, -0.05) is 56.3 Å². The highest BCUT2D eigenvalue weighted by Crippen LogP contribution is 2.42. The monoisotopic (exact) mass is 459 g/mol. The maximum Gasteiger partial charge on any atom is 0.246 e. The molecule has 0 saturated carbocycles. The van der Waals surface area contributed by atoms with Gasteiger partial charge in [0.1, 0.15) is 6.04 Å². The van der Waals surface area contributed by atoms with Gasteiger partial charge in [0, 0.05) is 36.2 Å². The van der Waals surface area contributed by atoms with Crippen LogP contribution >= 0.6 is 0 Å². The number of benzene rings is 2. The minimum absolute atomic E-state index is 0.00556. The number of piperazine rings is 1. The quantitative estimate of drug-likeness (QED) is 0.522. The van der Waals surface area contributed by atoms with E-state index in [9.17, 15) is 9.59 Å². The lowest BCUT2D eigenvalue weighted by Crippen LogP contribution is -2.63. The first-order chi connectivity index (χ1) is 16.5. The van der Waals surface area contributed by atoms with Crippen molar-refractivity contribution in [1.82, 2.24) is 14.8 Å². The second-order valence-corrected chi connectivity index (χ2v) is 9.85. The third-order valence-corrected chi connectivity index (χ3v) is 7.35. The van der Waals surface area contributed by atoms with E-state index in [4.69, 9.17) is 5.11 Å². The summed E-state index contributed by atoms with van der Waals surface area (Å²) in [4.78, 5) is 34.3. The van der Waals surface area contributed by atoms with Gasteiger partial charge in [0.2, 0.25) is 11.8 Å². The molecule has 0 bridgehead atoms. The smallest absolute Gasteiger partial charge is 0.246 e. The molecule has 6 nitrogen and oxygen atoms in total. The van der Waals surface area contributed by atoms with Crippen molar-refractivity contribution in [2.45, 2.75) is 57.5 Å². The van der Waals surface area contributed by atoms with E-state index >= 15 is 0 Å². The topological polar surface area (TPSA) is 76.6 Å². The van der Waals surface area contributed by atoms with Gasteiger partial charge in [-0.3, -0.25) is 9.59 Å². The standard InChI is InChI=1S/C28H33N3O3/c1-18(2)19-10-12-20(13-11-19)27-26-22(21-8-4-5-9-23(21)29-26)16-24-28(34)30(14-6-3-7-15-32)17-25(33)31(24)27/h4-5,8-13,18,24,27,29,32H,3,6-7,14-17H2,1-2H3/t24-,27+/m1/s1. The number of nitrogens with one attached hydrogen (secondary N) is 1. The summed E-state index contributed by atoms with van der Waals surface area (Å²) in [5, 5.41) is 10.2. The molecule has 1 fully saturated rings. The highest BCUT2D eigenvalue weighted by atomic mass is 16.3. The van der Waals surface area contributed by atoms with Crippen molar-refractivity contribution in [1.29, 1.82) is 0 Å². The molecule has 1 aromatic heterocycles. The van der Waals surface area contributed by atoms with Crippen molar-refractivity contribution < 1.29 is 14.7 Å². The van der Waals surface area contributed by atoms with Crippen LogP contribution < -0.4 is 0 Å². The van der Waals surface area contributed by atoms with Gasteiger partial charge in [0.15, 0.2) is 0 Å². The van der Waals surface area contributed by atoms with Gasteiger partial charge in [0.05, 0.1) is 12.6 Å². The van der Waals surface area contributed by atoms with E-state index < -0.39 is 6.04 Å². The van der Waals surface area contributed by atoms with Gasteiger partial charge in [-0.05, 0) is 47.9 Å². The molecule has 5 rings (SSSR count). The van der Waals surface area contributed by atoms with Gasteiger partial charge in [-0.2, -0.15) is 0 Å². The molecule has 1 saturated heterocycles. The number of amides is 2. The normalized spacial score (nSPS) is 20.2. The van der Waals surface area contributed by atoms with Gasteiger partial charge < -0.3 is 19.9 Å². The fourth-order valence-corrected chi connectivity index (χ4v) is 5.51.